The van der Waals surface area contributed by atoms with Crippen molar-refractivity contribution in [2.75, 3.05) is 18.0 Å². The Morgan fingerprint density at radius 3 is 2.71 bits per heavy atom. The summed E-state index contributed by atoms with van der Waals surface area (Å²) in [5.74, 6) is -0.358. The average Bonchev–Trinajstić information content (AvgIpc) is 2.84. The molecule has 1 aromatic rings. The third-order valence-electron chi connectivity index (χ3n) is 3.18. The van der Waals surface area contributed by atoms with E-state index in [1.54, 1.807) is 18.3 Å². The Bertz CT molecular complexity index is 432. The molecule has 1 unspecified atom stereocenters. The highest BCUT2D eigenvalue weighted by atomic mass is 32.1. The maximum absolute atomic E-state index is 11.2. The summed E-state index contributed by atoms with van der Waals surface area (Å²) in [4.78, 5) is 13.2. The van der Waals surface area contributed by atoms with Crippen LogP contribution in [0.2, 0.25) is 0 Å². The second-order valence-electron chi connectivity index (χ2n) is 5.11. The number of carboxylic acids is 1. The highest BCUT2D eigenvalue weighted by Gasteiger charge is 2.41. The molecule has 0 aromatic carbocycles. The number of aromatic nitrogens is 2. The van der Waals surface area contributed by atoms with Crippen molar-refractivity contribution in [3.05, 3.63) is 5.01 Å². The lowest BCUT2D eigenvalue weighted by Crippen LogP contribution is -2.31. The number of hydrogen-bond acceptors (Lipinski definition) is 5. The van der Waals surface area contributed by atoms with Crippen molar-refractivity contribution in [3.8, 4) is 0 Å². The number of aliphatic carboxylic acids is 1. The molecule has 1 atom stereocenters. The molecule has 1 fully saturated rings. The van der Waals surface area contributed by atoms with E-state index in [2.05, 4.69) is 24.0 Å². The van der Waals surface area contributed by atoms with Crippen molar-refractivity contribution >= 4 is 22.4 Å². The molecule has 1 aromatic heterocycles. The first kappa shape index (κ1) is 12.3. The fraction of sp³-hybridized carbons (Fsp3) is 0.727. The van der Waals surface area contributed by atoms with Gasteiger partial charge in [0.1, 0.15) is 5.01 Å². The lowest BCUT2D eigenvalue weighted by molar-refractivity contribution is -0.146. The summed E-state index contributed by atoms with van der Waals surface area (Å²) in [6, 6.07) is 0. The third kappa shape index (κ3) is 2.26. The molecule has 0 spiro atoms. The summed E-state index contributed by atoms with van der Waals surface area (Å²) in [6.45, 7) is 7.22. The third-order valence-corrected chi connectivity index (χ3v) is 4.47. The van der Waals surface area contributed by atoms with Gasteiger partial charge in [-0.25, -0.2) is 0 Å². The first-order valence-electron chi connectivity index (χ1n) is 5.74. The van der Waals surface area contributed by atoms with Gasteiger partial charge < -0.3 is 10.0 Å². The topological polar surface area (TPSA) is 66.3 Å². The predicted molar refractivity (Wildman–Crippen MR) is 66.6 cm³/mol. The Kier molecular flexibility index (Phi) is 3.07. The zero-order valence-electron chi connectivity index (χ0n) is 10.3. The first-order valence-corrected chi connectivity index (χ1v) is 6.56. The molecule has 94 valence electrons. The van der Waals surface area contributed by atoms with Crippen molar-refractivity contribution in [2.45, 2.75) is 33.1 Å². The highest BCUT2D eigenvalue weighted by molar-refractivity contribution is 7.15. The van der Waals surface area contributed by atoms with E-state index >= 15 is 0 Å². The van der Waals surface area contributed by atoms with Crippen LogP contribution in [-0.2, 0) is 4.79 Å². The molecule has 0 amide bonds. The molecular weight excluding hydrogens is 238 g/mol. The SMILES string of the molecule is CC(C)c1nnc(N2CCC(C)(C(=O)O)C2)s1. The van der Waals surface area contributed by atoms with Crippen LogP contribution in [0.25, 0.3) is 0 Å². The summed E-state index contributed by atoms with van der Waals surface area (Å²) in [6.07, 6.45) is 0.666. The van der Waals surface area contributed by atoms with E-state index in [4.69, 9.17) is 0 Å². The van der Waals surface area contributed by atoms with Gasteiger partial charge in [0.05, 0.1) is 5.41 Å². The van der Waals surface area contributed by atoms with Gasteiger partial charge in [-0.3, -0.25) is 4.79 Å². The van der Waals surface area contributed by atoms with Gasteiger partial charge in [-0.1, -0.05) is 25.2 Å². The molecule has 0 aliphatic carbocycles. The quantitative estimate of drug-likeness (QED) is 0.894. The molecule has 0 radical (unpaired) electrons. The van der Waals surface area contributed by atoms with Gasteiger partial charge in [-0.2, -0.15) is 0 Å². The van der Waals surface area contributed by atoms with E-state index in [0.717, 1.165) is 16.7 Å². The average molecular weight is 255 g/mol. The summed E-state index contributed by atoms with van der Waals surface area (Å²) in [5.41, 5.74) is -0.649. The van der Waals surface area contributed by atoms with Crippen LogP contribution < -0.4 is 4.90 Å². The van der Waals surface area contributed by atoms with Gasteiger partial charge in [0.25, 0.3) is 0 Å². The van der Waals surface area contributed by atoms with Crippen molar-refractivity contribution in [1.82, 2.24) is 10.2 Å². The number of anilines is 1. The van der Waals surface area contributed by atoms with Gasteiger partial charge in [0.15, 0.2) is 0 Å². The molecule has 1 aliphatic rings. The van der Waals surface area contributed by atoms with Crippen LogP contribution in [0.15, 0.2) is 0 Å². The summed E-state index contributed by atoms with van der Waals surface area (Å²) in [7, 11) is 0. The number of rotatable bonds is 3. The monoisotopic (exact) mass is 255 g/mol. The maximum atomic E-state index is 11.2. The van der Waals surface area contributed by atoms with Gasteiger partial charge in [0, 0.05) is 19.0 Å². The van der Waals surface area contributed by atoms with E-state index < -0.39 is 11.4 Å². The Labute approximate surface area is 104 Å². The lowest BCUT2D eigenvalue weighted by Gasteiger charge is -2.18. The molecule has 0 saturated carbocycles. The predicted octanol–water partition coefficient (Wildman–Crippen LogP) is 1.96. The van der Waals surface area contributed by atoms with Crippen LogP contribution in [-0.4, -0.2) is 34.4 Å². The van der Waals surface area contributed by atoms with E-state index in [9.17, 15) is 9.90 Å². The normalized spacial score (nSPS) is 24.6. The minimum atomic E-state index is -0.728. The Morgan fingerprint density at radius 2 is 2.24 bits per heavy atom. The van der Waals surface area contributed by atoms with Crippen LogP contribution in [0.1, 0.15) is 38.1 Å². The molecule has 2 rings (SSSR count). The second kappa shape index (κ2) is 4.25. The van der Waals surface area contributed by atoms with Crippen LogP contribution in [0.5, 0.6) is 0 Å². The number of hydrogen-bond donors (Lipinski definition) is 1. The summed E-state index contributed by atoms with van der Waals surface area (Å²) < 4.78 is 0. The molecule has 5 nitrogen and oxygen atoms in total. The molecule has 2 heterocycles. The Hall–Kier alpha value is -1.17. The van der Waals surface area contributed by atoms with Crippen molar-refractivity contribution in [1.29, 1.82) is 0 Å². The van der Waals surface area contributed by atoms with Crippen molar-refractivity contribution < 1.29 is 9.90 Å². The molecule has 1 aliphatic heterocycles. The van der Waals surface area contributed by atoms with Crippen LogP contribution in [0, 0.1) is 5.41 Å². The minimum absolute atomic E-state index is 0.370. The van der Waals surface area contributed by atoms with E-state index in [0.29, 0.717) is 18.9 Å². The zero-order valence-corrected chi connectivity index (χ0v) is 11.1. The highest BCUT2D eigenvalue weighted by Crippen LogP contribution is 2.35. The van der Waals surface area contributed by atoms with E-state index in [-0.39, 0.29) is 0 Å². The zero-order chi connectivity index (χ0) is 12.6. The van der Waals surface area contributed by atoms with Gasteiger partial charge >= 0.3 is 5.97 Å². The van der Waals surface area contributed by atoms with Crippen LogP contribution in [0.4, 0.5) is 5.13 Å². The van der Waals surface area contributed by atoms with E-state index in [1.807, 2.05) is 4.90 Å². The maximum Gasteiger partial charge on any atom is 0.311 e. The fourth-order valence-corrected chi connectivity index (χ4v) is 2.76. The number of nitrogens with zero attached hydrogens (tertiary/aromatic N) is 3. The smallest absolute Gasteiger partial charge is 0.311 e. The van der Waals surface area contributed by atoms with Gasteiger partial charge in [-0.05, 0) is 13.3 Å². The van der Waals surface area contributed by atoms with Gasteiger partial charge in [0.2, 0.25) is 5.13 Å². The summed E-state index contributed by atoms with van der Waals surface area (Å²) in [5, 5.41) is 19.3. The van der Waals surface area contributed by atoms with E-state index in [1.165, 1.54) is 0 Å². The Morgan fingerprint density at radius 1 is 1.53 bits per heavy atom. The minimum Gasteiger partial charge on any atom is -0.481 e. The lowest BCUT2D eigenvalue weighted by atomic mass is 9.90. The van der Waals surface area contributed by atoms with Gasteiger partial charge in [-0.15, -0.1) is 10.2 Å². The van der Waals surface area contributed by atoms with Crippen LogP contribution in [0.3, 0.4) is 0 Å². The molecule has 1 saturated heterocycles. The second-order valence-corrected chi connectivity index (χ2v) is 6.10. The number of carboxylic acid groups (broad SMARTS) is 1. The first-order chi connectivity index (χ1) is 7.92. The number of carbonyl (C=O) groups is 1. The molecular formula is C11H17N3O2S. The fourth-order valence-electron chi connectivity index (χ4n) is 1.89. The molecule has 0 bridgehead atoms. The molecule has 17 heavy (non-hydrogen) atoms. The Balaban J connectivity index is 2.12. The summed E-state index contributed by atoms with van der Waals surface area (Å²) >= 11 is 1.56. The van der Waals surface area contributed by atoms with Crippen LogP contribution >= 0.6 is 11.3 Å². The largest absolute Gasteiger partial charge is 0.481 e. The molecule has 1 N–H and O–H groups in total. The molecule has 6 heteroatoms. The standard InChI is InChI=1S/C11H17N3O2S/c1-7(2)8-12-13-10(17-8)14-5-4-11(3,6-14)9(15)16/h7H,4-6H2,1-3H3,(H,15,16). The van der Waals surface area contributed by atoms with Crippen molar-refractivity contribution in [3.63, 3.8) is 0 Å². The van der Waals surface area contributed by atoms with Crippen molar-refractivity contribution in [2.24, 2.45) is 5.41 Å².